The van der Waals surface area contributed by atoms with Gasteiger partial charge in [-0.3, -0.25) is 4.79 Å². The Balaban J connectivity index is 1.71. The number of rotatable bonds is 5. The smallest absolute Gasteiger partial charge is 0.257 e. The average Bonchev–Trinajstić information content (AvgIpc) is 3.49. The van der Waals surface area contributed by atoms with Crippen molar-refractivity contribution in [1.82, 2.24) is 25.2 Å². The number of nitriles is 1. The number of hydrogen-bond acceptors (Lipinski definition) is 7. The highest BCUT2D eigenvalue weighted by Crippen LogP contribution is 2.40. The normalized spacial score (nSPS) is 13.2. The molecule has 1 saturated carbocycles. The Kier molecular flexibility index (Phi) is 4.98. The molecule has 1 aromatic carbocycles. The van der Waals surface area contributed by atoms with E-state index >= 15 is 0 Å². The first-order valence-corrected chi connectivity index (χ1v) is 10.1. The van der Waals surface area contributed by atoms with Crippen molar-refractivity contribution < 1.29 is 9.18 Å². The van der Waals surface area contributed by atoms with Gasteiger partial charge in [0.25, 0.3) is 5.91 Å². The van der Waals surface area contributed by atoms with E-state index in [2.05, 4.69) is 31.9 Å². The third-order valence-electron chi connectivity index (χ3n) is 4.62. The van der Waals surface area contributed by atoms with E-state index in [9.17, 15) is 14.4 Å². The van der Waals surface area contributed by atoms with Gasteiger partial charge in [-0.15, -0.1) is 16.9 Å². The van der Waals surface area contributed by atoms with Gasteiger partial charge >= 0.3 is 0 Å². The molecule has 8 nitrogen and oxygen atoms in total. The van der Waals surface area contributed by atoms with Gasteiger partial charge < -0.3 is 5.32 Å². The Bertz CT molecular complexity index is 1150. The molecule has 2 heterocycles. The van der Waals surface area contributed by atoms with Crippen LogP contribution in [0.15, 0.2) is 29.3 Å². The van der Waals surface area contributed by atoms with Crippen molar-refractivity contribution in [1.29, 1.82) is 5.26 Å². The fourth-order valence-corrected chi connectivity index (χ4v) is 3.52. The molecule has 1 aliphatic rings. The molecule has 1 aliphatic carbocycles. The van der Waals surface area contributed by atoms with E-state index in [4.69, 9.17) is 0 Å². The summed E-state index contributed by atoms with van der Waals surface area (Å²) >= 11 is 1.31. The molecule has 29 heavy (non-hydrogen) atoms. The minimum Gasteiger partial charge on any atom is -0.319 e. The summed E-state index contributed by atoms with van der Waals surface area (Å²) in [4.78, 5) is 17.5. The van der Waals surface area contributed by atoms with E-state index in [0.29, 0.717) is 22.5 Å². The van der Waals surface area contributed by atoms with E-state index < -0.39 is 11.7 Å². The number of aromatic nitrogens is 5. The lowest BCUT2D eigenvalue weighted by atomic mass is 10.1. The highest BCUT2D eigenvalue weighted by atomic mass is 32.2. The largest absolute Gasteiger partial charge is 0.319 e. The number of benzene rings is 1. The van der Waals surface area contributed by atoms with E-state index in [0.717, 1.165) is 18.5 Å². The number of halogens is 1. The van der Waals surface area contributed by atoms with Crippen molar-refractivity contribution in [3.63, 3.8) is 0 Å². The number of carbonyl (C=O) groups excluding carboxylic acids is 1. The molecule has 3 aromatic rings. The molecule has 0 aliphatic heterocycles. The van der Waals surface area contributed by atoms with E-state index in [1.54, 1.807) is 19.2 Å². The fraction of sp³-hybridized carbons (Fsp3) is 0.263. The van der Waals surface area contributed by atoms with Crippen LogP contribution in [0.4, 0.5) is 10.1 Å². The predicted octanol–water partition coefficient (Wildman–Crippen LogP) is 3.23. The molecule has 1 N–H and O–H groups in total. The number of hydrogen-bond donors (Lipinski definition) is 1. The van der Waals surface area contributed by atoms with Gasteiger partial charge in [-0.2, -0.15) is 9.94 Å². The Morgan fingerprint density at radius 2 is 2.17 bits per heavy atom. The van der Waals surface area contributed by atoms with Crippen LogP contribution in [-0.4, -0.2) is 37.4 Å². The average molecular weight is 409 g/mol. The summed E-state index contributed by atoms with van der Waals surface area (Å²) in [7, 11) is 0. The molecule has 4 rings (SSSR count). The van der Waals surface area contributed by atoms with Gasteiger partial charge in [-0.05, 0) is 60.7 Å². The van der Waals surface area contributed by atoms with Crippen molar-refractivity contribution in [3.05, 3.63) is 52.7 Å². The number of carbonyl (C=O) groups is 1. The third-order valence-corrected chi connectivity index (χ3v) is 5.30. The highest BCUT2D eigenvalue weighted by Gasteiger charge is 2.28. The number of aryl methyl sites for hydroxylation is 1. The summed E-state index contributed by atoms with van der Waals surface area (Å²) in [5.74, 6) is -0.338. The zero-order valence-electron chi connectivity index (χ0n) is 15.7. The van der Waals surface area contributed by atoms with E-state index in [1.807, 2.05) is 0 Å². The Morgan fingerprint density at radius 3 is 2.79 bits per heavy atom. The summed E-state index contributed by atoms with van der Waals surface area (Å²) in [6.07, 6.45) is 3.82. The fourth-order valence-electron chi connectivity index (χ4n) is 2.96. The quantitative estimate of drug-likeness (QED) is 0.644. The second-order valence-electron chi connectivity index (χ2n) is 6.62. The van der Waals surface area contributed by atoms with Crippen LogP contribution in [0.1, 0.15) is 46.2 Å². The van der Waals surface area contributed by atoms with Crippen molar-refractivity contribution in [2.75, 3.05) is 11.6 Å². The number of thioether (sulfide) groups is 1. The van der Waals surface area contributed by atoms with Gasteiger partial charge in [0.2, 0.25) is 0 Å². The molecule has 0 saturated heterocycles. The number of nitrogens with zero attached hydrogens (tertiary/aromatic N) is 6. The molecular formula is C19H16FN7OS. The zero-order chi connectivity index (χ0) is 20.5. The van der Waals surface area contributed by atoms with Gasteiger partial charge in [0.05, 0.1) is 22.5 Å². The van der Waals surface area contributed by atoms with Crippen LogP contribution in [0, 0.1) is 24.1 Å². The minimum atomic E-state index is -0.604. The summed E-state index contributed by atoms with van der Waals surface area (Å²) in [5, 5.41) is 23.9. The lowest BCUT2D eigenvalue weighted by molar-refractivity contribution is 0.102. The van der Waals surface area contributed by atoms with Crippen molar-refractivity contribution in [2.24, 2.45) is 0 Å². The van der Waals surface area contributed by atoms with Crippen LogP contribution in [0.5, 0.6) is 0 Å². The molecule has 0 unspecified atom stereocenters. The maximum absolute atomic E-state index is 14.4. The molecule has 146 valence electrons. The zero-order valence-corrected chi connectivity index (χ0v) is 16.5. The number of nitrogens with one attached hydrogen (secondary N) is 1. The van der Waals surface area contributed by atoms with E-state index in [1.165, 1.54) is 34.6 Å². The van der Waals surface area contributed by atoms with Gasteiger partial charge in [0.15, 0.2) is 5.82 Å². The SMILES string of the molecule is CSc1nc(C2CC2)cc(C(=O)Nc2cc(-n3nnnc3C)ccc2F)c1C#N. The Labute approximate surface area is 170 Å². The minimum absolute atomic E-state index is 0.0261. The number of amides is 1. The third kappa shape index (κ3) is 3.69. The van der Waals surface area contributed by atoms with Crippen molar-refractivity contribution in [2.45, 2.75) is 30.7 Å². The standard InChI is InChI=1S/C19H16FN7OS/c1-10-24-25-26-27(10)12-5-6-15(20)17(7-12)22-18(28)13-8-16(11-3-4-11)23-19(29-2)14(13)9-21/h5-8,11H,3-4H2,1-2H3,(H,22,28). The van der Waals surface area contributed by atoms with E-state index in [-0.39, 0.29) is 16.8 Å². The molecule has 0 spiro atoms. The maximum atomic E-state index is 14.4. The van der Waals surface area contributed by atoms with Gasteiger partial charge in [0.1, 0.15) is 16.9 Å². The van der Waals surface area contributed by atoms with Crippen LogP contribution < -0.4 is 5.32 Å². The number of anilines is 1. The first kappa shape index (κ1) is 19.0. The van der Waals surface area contributed by atoms with Gasteiger partial charge in [0, 0.05) is 11.6 Å². The van der Waals surface area contributed by atoms with Crippen LogP contribution in [-0.2, 0) is 0 Å². The van der Waals surface area contributed by atoms with Crippen LogP contribution in [0.3, 0.4) is 0 Å². The van der Waals surface area contributed by atoms with Crippen LogP contribution >= 0.6 is 11.8 Å². The predicted molar refractivity (Wildman–Crippen MR) is 105 cm³/mol. The Morgan fingerprint density at radius 1 is 1.38 bits per heavy atom. The molecule has 2 aromatic heterocycles. The van der Waals surface area contributed by atoms with Crippen LogP contribution in [0.25, 0.3) is 5.69 Å². The summed E-state index contributed by atoms with van der Waals surface area (Å²) in [6.45, 7) is 1.71. The molecule has 0 bridgehead atoms. The van der Waals surface area contributed by atoms with Gasteiger partial charge in [-0.25, -0.2) is 9.37 Å². The topological polar surface area (TPSA) is 109 Å². The Hall–Kier alpha value is -3.32. The molecule has 10 heteroatoms. The molecular weight excluding hydrogens is 393 g/mol. The summed E-state index contributed by atoms with van der Waals surface area (Å²) < 4.78 is 15.8. The first-order valence-electron chi connectivity index (χ1n) is 8.87. The van der Waals surface area contributed by atoms with Gasteiger partial charge in [-0.1, -0.05) is 0 Å². The number of pyridine rings is 1. The molecule has 1 fully saturated rings. The summed E-state index contributed by atoms with van der Waals surface area (Å²) in [6, 6.07) is 7.88. The lowest BCUT2D eigenvalue weighted by Crippen LogP contribution is -2.16. The first-order chi connectivity index (χ1) is 14.0. The number of tetrazole rings is 1. The molecule has 0 radical (unpaired) electrons. The summed E-state index contributed by atoms with van der Waals surface area (Å²) in [5.41, 5.74) is 1.64. The van der Waals surface area contributed by atoms with Crippen LogP contribution in [0.2, 0.25) is 0 Å². The second-order valence-corrected chi connectivity index (χ2v) is 7.42. The molecule has 1 amide bonds. The van der Waals surface area contributed by atoms with Crippen molar-refractivity contribution in [3.8, 4) is 11.8 Å². The van der Waals surface area contributed by atoms with Crippen molar-refractivity contribution >= 4 is 23.4 Å². The molecule has 0 atom stereocenters. The maximum Gasteiger partial charge on any atom is 0.257 e. The monoisotopic (exact) mass is 409 g/mol. The second kappa shape index (κ2) is 7.60. The highest BCUT2D eigenvalue weighted by molar-refractivity contribution is 7.98. The lowest BCUT2D eigenvalue weighted by Gasteiger charge is -2.12.